The Morgan fingerprint density at radius 2 is 2.07 bits per heavy atom. The summed E-state index contributed by atoms with van der Waals surface area (Å²) in [5, 5.41) is 25.5. The van der Waals surface area contributed by atoms with Gasteiger partial charge in [-0.1, -0.05) is 44.2 Å². The average molecular weight is 399 g/mol. The number of hydrogen-bond acceptors (Lipinski definition) is 6. The summed E-state index contributed by atoms with van der Waals surface area (Å²) < 4.78 is 10.1. The van der Waals surface area contributed by atoms with Crippen molar-refractivity contribution in [2.75, 3.05) is 13.1 Å². The largest absolute Gasteiger partial charge is 0.469 e. The predicted octanol–water partition coefficient (Wildman–Crippen LogP) is 3.26. The summed E-state index contributed by atoms with van der Waals surface area (Å²) >= 11 is 0. The highest BCUT2D eigenvalue weighted by atomic mass is 16.6. The van der Waals surface area contributed by atoms with Crippen LogP contribution in [0.2, 0.25) is 0 Å². The molecule has 0 aliphatic rings. The van der Waals surface area contributed by atoms with Crippen molar-refractivity contribution in [1.82, 2.24) is 10.6 Å². The van der Waals surface area contributed by atoms with Crippen LogP contribution in [0.3, 0.4) is 0 Å². The lowest BCUT2D eigenvalue weighted by Crippen LogP contribution is -2.50. The van der Waals surface area contributed by atoms with Gasteiger partial charge in [0, 0.05) is 25.6 Å². The number of aliphatic hydroxyl groups is 1. The maximum Gasteiger partial charge on any atom is 0.413 e. The van der Waals surface area contributed by atoms with Crippen LogP contribution in [-0.2, 0) is 6.42 Å². The van der Waals surface area contributed by atoms with Gasteiger partial charge in [0.2, 0.25) is 0 Å². The van der Waals surface area contributed by atoms with Crippen molar-refractivity contribution in [2.24, 2.45) is 5.41 Å². The first-order valence-electron chi connectivity index (χ1n) is 9.70. The molecule has 7 nitrogen and oxygen atoms in total. The minimum absolute atomic E-state index is 0.0575. The smallest absolute Gasteiger partial charge is 0.413 e. The van der Waals surface area contributed by atoms with Crippen LogP contribution in [-0.4, -0.2) is 36.4 Å². The van der Waals surface area contributed by atoms with Gasteiger partial charge in [0.25, 0.3) is 0 Å². The molecule has 1 heterocycles. The number of rotatable bonds is 11. The number of furan rings is 1. The van der Waals surface area contributed by atoms with Gasteiger partial charge in [0.15, 0.2) is 5.75 Å². The van der Waals surface area contributed by atoms with Crippen LogP contribution in [0.25, 0.3) is 0 Å². The molecule has 156 valence electrons. The second-order valence-corrected chi connectivity index (χ2v) is 7.81. The number of nitrogens with zero attached hydrogens (tertiary/aromatic N) is 1. The number of carbonyl (C=O) groups excluding carboxylic acids is 1. The summed E-state index contributed by atoms with van der Waals surface area (Å²) in [6.45, 7) is 5.11. The Bertz CT molecular complexity index is 769. The maximum absolute atomic E-state index is 12.2. The van der Waals surface area contributed by atoms with E-state index in [1.54, 1.807) is 0 Å². The molecule has 0 fully saturated rings. The first-order valence-corrected chi connectivity index (χ1v) is 9.70. The van der Waals surface area contributed by atoms with Crippen molar-refractivity contribution in [3.05, 3.63) is 54.5 Å². The number of ether oxygens (including phenoxy) is 1. The van der Waals surface area contributed by atoms with Crippen molar-refractivity contribution in [3.63, 3.8) is 0 Å². The minimum atomic E-state index is -0.820. The summed E-state index contributed by atoms with van der Waals surface area (Å²) in [7, 11) is 0. The Morgan fingerprint density at radius 3 is 2.72 bits per heavy atom. The van der Waals surface area contributed by atoms with E-state index in [1.807, 2.05) is 30.3 Å². The average Bonchev–Trinajstić information content (AvgIpc) is 3.19. The fourth-order valence-electron chi connectivity index (χ4n) is 2.93. The molecule has 29 heavy (non-hydrogen) atoms. The monoisotopic (exact) mass is 399 g/mol. The molecule has 0 spiro atoms. The number of aliphatic hydroxyl groups excluding tert-OH is 1. The van der Waals surface area contributed by atoms with E-state index in [4.69, 9.17) is 14.4 Å². The molecule has 2 atom stereocenters. The van der Waals surface area contributed by atoms with Gasteiger partial charge in [-0.2, -0.15) is 5.26 Å². The highest BCUT2D eigenvalue weighted by Crippen LogP contribution is 2.20. The number of nitrogens with one attached hydrogen (secondary N) is 2. The lowest BCUT2D eigenvalue weighted by Gasteiger charge is -2.27. The van der Waals surface area contributed by atoms with Crippen molar-refractivity contribution in [3.8, 4) is 11.8 Å². The van der Waals surface area contributed by atoms with Gasteiger partial charge in [-0.25, -0.2) is 4.79 Å². The highest BCUT2D eigenvalue weighted by molar-refractivity contribution is 5.70. The lowest BCUT2D eigenvalue weighted by molar-refractivity contribution is 0.116. The van der Waals surface area contributed by atoms with Crippen LogP contribution in [0.1, 0.15) is 32.3 Å². The van der Waals surface area contributed by atoms with E-state index in [2.05, 4.69) is 30.6 Å². The zero-order chi connectivity index (χ0) is 21.1. The summed E-state index contributed by atoms with van der Waals surface area (Å²) in [6, 6.07) is 12.8. The molecule has 0 bridgehead atoms. The summed E-state index contributed by atoms with van der Waals surface area (Å²) in [5.41, 5.74) is 0.937. The number of benzene rings is 1. The molecule has 0 unspecified atom stereocenters. The van der Waals surface area contributed by atoms with Gasteiger partial charge in [0.1, 0.15) is 6.26 Å². The van der Waals surface area contributed by atoms with Crippen molar-refractivity contribution in [1.29, 1.82) is 5.26 Å². The quantitative estimate of drug-likeness (QED) is 0.535. The molecule has 2 aromatic rings. The van der Waals surface area contributed by atoms with Crippen LogP contribution in [0, 0.1) is 16.7 Å². The molecule has 1 aromatic heterocycles. The standard InChI is InChI=1S/C22H29N3O4/c1-22(2,10-6-11-23)16-24-14-20(26)19(13-17-7-4-3-5-8-17)25-21(27)29-18-9-12-28-15-18/h3-5,7-9,12,15,19-20,24,26H,6,10,13-14,16H2,1-2H3,(H,25,27)/t19-,20-/m0/s1. The second-order valence-electron chi connectivity index (χ2n) is 7.81. The third kappa shape index (κ3) is 8.38. The molecule has 0 saturated carbocycles. The van der Waals surface area contributed by atoms with Crippen LogP contribution < -0.4 is 15.4 Å². The van der Waals surface area contributed by atoms with Crippen LogP contribution in [0.4, 0.5) is 4.79 Å². The number of hydrogen-bond donors (Lipinski definition) is 3. The summed E-state index contributed by atoms with van der Waals surface area (Å²) in [5.74, 6) is 0.299. The van der Waals surface area contributed by atoms with Crippen molar-refractivity contribution < 1.29 is 19.1 Å². The predicted molar refractivity (Wildman–Crippen MR) is 109 cm³/mol. The van der Waals surface area contributed by atoms with E-state index >= 15 is 0 Å². The Hall–Kier alpha value is -2.82. The molecule has 0 aliphatic heterocycles. The normalized spacial score (nSPS) is 13.3. The molecule has 3 N–H and O–H groups in total. The summed E-state index contributed by atoms with van der Waals surface area (Å²) in [6.07, 6.45) is 3.00. The molecule has 2 rings (SSSR count). The van der Waals surface area contributed by atoms with E-state index in [0.29, 0.717) is 31.7 Å². The highest BCUT2D eigenvalue weighted by Gasteiger charge is 2.24. The Balaban J connectivity index is 1.94. The topological polar surface area (TPSA) is 108 Å². The van der Waals surface area contributed by atoms with E-state index in [-0.39, 0.29) is 5.41 Å². The SMILES string of the molecule is CC(C)(CCC#N)CNC[C@H](O)[C@H](Cc1ccccc1)NC(=O)Oc1ccoc1. The van der Waals surface area contributed by atoms with E-state index in [0.717, 1.165) is 12.0 Å². The van der Waals surface area contributed by atoms with Gasteiger partial charge in [-0.05, 0) is 23.8 Å². The van der Waals surface area contributed by atoms with Crippen LogP contribution in [0.15, 0.2) is 53.3 Å². The molecular formula is C22H29N3O4. The van der Waals surface area contributed by atoms with E-state index in [9.17, 15) is 9.90 Å². The minimum Gasteiger partial charge on any atom is -0.469 e. The number of nitriles is 1. The Kier molecular flexibility index (Phi) is 8.71. The molecule has 0 aliphatic carbocycles. The van der Waals surface area contributed by atoms with Gasteiger partial charge in [-0.3, -0.25) is 0 Å². The third-order valence-corrected chi connectivity index (χ3v) is 4.64. The zero-order valence-corrected chi connectivity index (χ0v) is 16.9. The third-order valence-electron chi connectivity index (χ3n) is 4.64. The van der Waals surface area contributed by atoms with Crippen molar-refractivity contribution >= 4 is 6.09 Å². The number of carbonyl (C=O) groups is 1. The number of amides is 1. The Labute approximate surface area is 171 Å². The molecule has 1 aromatic carbocycles. The fraction of sp³-hybridized carbons (Fsp3) is 0.455. The molecule has 0 saturated heterocycles. The van der Waals surface area contributed by atoms with Gasteiger partial charge in [0.05, 0.1) is 24.5 Å². The first kappa shape index (κ1) is 22.5. The van der Waals surface area contributed by atoms with Gasteiger partial charge < -0.3 is 24.9 Å². The Morgan fingerprint density at radius 1 is 1.31 bits per heavy atom. The molecule has 0 radical (unpaired) electrons. The zero-order valence-electron chi connectivity index (χ0n) is 16.9. The van der Waals surface area contributed by atoms with Crippen LogP contribution >= 0.6 is 0 Å². The second kappa shape index (κ2) is 11.2. The van der Waals surface area contributed by atoms with Crippen LogP contribution in [0.5, 0.6) is 5.75 Å². The molecule has 1 amide bonds. The lowest BCUT2D eigenvalue weighted by atomic mass is 9.88. The molecular weight excluding hydrogens is 370 g/mol. The first-order chi connectivity index (χ1) is 13.9. The fourth-order valence-corrected chi connectivity index (χ4v) is 2.93. The van der Waals surface area contributed by atoms with E-state index < -0.39 is 18.2 Å². The molecule has 7 heteroatoms. The van der Waals surface area contributed by atoms with Gasteiger partial charge in [-0.15, -0.1) is 0 Å². The van der Waals surface area contributed by atoms with Gasteiger partial charge >= 0.3 is 6.09 Å². The van der Waals surface area contributed by atoms with E-state index in [1.165, 1.54) is 18.6 Å². The maximum atomic E-state index is 12.2. The summed E-state index contributed by atoms with van der Waals surface area (Å²) in [4.78, 5) is 12.2. The van der Waals surface area contributed by atoms with Crippen molar-refractivity contribution in [2.45, 2.75) is 45.3 Å².